The molecule has 1 heterocycles. The molecule has 2 fully saturated rings. The van der Waals surface area contributed by atoms with E-state index in [1.54, 1.807) is 0 Å². The molecule has 0 bridgehead atoms. The number of carbonyl (C=O) groups excluding carboxylic acids is 3. The van der Waals surface area contributed by atoms with Crippen molar-refractivity contribution >= 4 is 17.7 Å². The van der Waals surface area contributed by atoms with Gasteiger partial charge in [0.25, 0.3) is 0 Å². The fourth-order valence-corrected chi connectivity index (χ4v) is 4.15. The Balaban J connectivity index is 1.83. The topological polar surface area (TPSA) is 92.5 Å². The van der Waals surface area contributed by atoms with Crippen LogP contribution in [0.1, 0.15) is 50.5 Å². The first-order chi connectivity index (χ1) is 12.0. The van der Waals surface area contributed by atoms with Gasteiger partial charge in [-0.05, 0) is 24.8 Å². The van der Waals surface area contributed by atoms with Crippen LogP contribution in [0.5, 0.6) is 0 Å². The molecule has 2 aliphatic rings. The lowest BCUT2D eigenvalue weighted by Gasteiger charge is -2.45. The molecular weight excluding hydrogens is 318 g/mol. The number of hydrogen-bond acceptors (Lipinski definition) is 3. The minimum absolute atomic E-state index is 0.138. The van der Waals surface area contributed by atoms with Gasteiger partial charge in [0.1, 0.15) is 11.6 Å². The number of nitrogens with zero attached hydrogens (tertiary/aromatic N) is 1. The number of amides is 3. The minimum Gasteiger partial charge on any atom is -0.368 e. The minimum atomic E-state index is -0.944. The van der Waals surface area contributed by atoms with Crippen molar-refractivity contribution < 1.29 is 14.4 Å². The first-order valence-corrected chi connectivity index (χ1v) is 8.98. The van der Waals surface area contributed by atoms with Crippen LogP contribution in [0.25, 0.3) is 0 Å². The maximum absolute atomic E-state index is 13.1. The SMILES string of the molecule is NC(=O)[C@@H]1CCC(=O)N1C1(C(=O)NCc2ccccc2)CCCCC1. The second-order valence-corrected chi connectivity index (χ2v) is 6.98. The highest BCUT2D eigenvalue weighted by Gasteiger charge is 2.52. The zero-order valence-electron chi connectivity index (χ0n) is 14.4. The summed E-state index contributed by atoms with van der Waals surface area (Å²) in [4.78, 5) is 39.0. The standard InChI is InChI=1S/C19H25N3O3/c20-17(24)15-9-10-16(23)22(15)19(11-5-2-6-12-19)18(25)21-13-14-7-3-1-4-8-14/h1,3-4,7-8,15H,2,5-6,9-13H2,(H2,20,24)(H,21,25)/t15-/m0/s1. The van der Waals surface area contributed by atoms with Crippen LogP contribution in [0.3, 0.4) is 0 Å². The molecule has 1 saturated heterocycles. The largest absolute Gasteiger partial charge is 0.368 e. The lowest BCUT2D eigenvalue weighted by atomic mass is 9.78. The lowest BCUT2D eigenvalue weighted by Crippen LogP contribution is -2.64. The van der Waals surface area contributed by atoms with Crippen molar-refractivity contribution in [2.75, 3.05) is 0 Å². The van der Waals surface area contributed by atoms with E-state index >= 15 is 0 Å². The Bertz CT molecular complexity index is 653. The summed E-state index contributed by atoms with van der Waals surface area (Å²) in [5.41, 5.74) is 5.57. The molecule has 1 aliphatic carbocycles. The zero-order chi connectivity index (χ0) is 17.9. The Hall–Kier alpha value is -2.37. The highest BCUT2D eigenvalue weighted by atomic mass is 16.2. The Kier molecular flexibility index (Phi) is 5.06. The quantitative estimate of drug-likeness (QED) is 0.848. The van der Waals surface area contributed by atoms with Crippen molar-refractivity contribution in [3.05, 3.63) is 35.9 Å². The van der Waals surface area contributed by atoms with Gasteiger partial charge in [-0.2, -0.15) is 0 Å². The molecule has 1 aromatic rings. The number of primary amides is 1. The third kappa shape index (κ3) is 3.38. The first kappa shape index (κ1) is 17.5. The smallest absolute Gasteiger partial charge is 0.246 e. The number of hydrogen-bond donors (Lipinski definition) is 2. The van der Waals surface area contributed by atoms with Crippen molar-refractivity contribution in [3.63, 3.8) is 0 Å². The molecule has 6 heteroatoms. The molecule has 1 aromatic carbocycles. The van der Waals surface area contributed by atoms with Gasteiger partial charge in [0.15, 0.2) is 0 Å². The summed E-state index contributed by atoms with van der Waals surface area (Å²) >= 11 is 0. The molecular formula is C19H25N3O3. The van der Waals surface area contributed by atoms with E-state index in [0.29, 0.717) is 25.8 Å². The highest BCUT2D eigenvalue weighted by Crippen LogP contribution is 2.39. The number of benzene rings is 1. The molecule has 134 valence electrons. The molecule has 0 spiro atoms. The molecule has 1 saturated carbocycles. The van der Waals surface area contributed by atoms with E-state index in [4.69, 9.17) is 5.73 Å². The highest BCUT2D eigenvalue weighted by molar-refractivity contribution is 5.97. The summed E-state index contributed by atoms with van der Waals surface area (Å²) in [5.74, 6) is -0.829. The normalized spacial score (nSPS) is 22.6. The maximum Gasteiger partial charge on any atom is 0.246 e. The van der Waals surface area contributed by atoms with Crippen LogP contribution in [0.4, 0.5) is 0 Å². The third-order valence-electron chi connectivity index (χ3n) is 5.40. The molecule has 3 rings (SSSR count). The summed E-state index contributed by atoms with van der Waals surface area (Å²) in [6.45, 7) is 0.407. The monoisotopic (exact) mass is 343 g/mol. The van der Waals surface area contributed by atoms with Gasteiger partial charge in [-0.25, -0.2) is 0 Å². The van der Waals surface area contributed by atoms with Crippen LogP contribution < -0.4 is 11.1 Å². The number of carbonyl (C=O) groups is 3. The Morgan fingerprint density at radius 1 is 1.16 bits per heavy atom. The number of nitrogens with one attached hydrogen (secondary N) is 1. The van der Waals surface area contributed by atoms with Crippen LogP contribution in [-0.4, -0.2) is 34.2 Å². The molecule has 0 radical (unpaired) electrons. The van der Waals surface area contributed by atoms with Gasteiger partial charge < -0.3 is 16.0 Å². The van der Waals surface area contributed by atoms with Crippen molar-refractivity contribution in [2.24, 2.45) is 5.73 Å². The van der Waals surface area contributed by atoms with Gasteiger partial charge in [-0.1, -0.05) is 49.6 Å². The van der Waals surface area contributed by atoms with E-state index in [-0.39, 0.29) is 18.2 Å². The van der Waals surface area contributed by atoms with E-state index < -0.39 is 17.5 Å². The van der Waals surface area contributed by atoms with Gasteiger partial charge in [0.05, 0.1) is 0 Å². The van der Waals surface area contributed by atoms with Gasteiger partial charge in [0.2, 0.25) is 17.7 Å². The number of rotatable bonds is 5. The summed E-state index contributed by atoms with van der Waals surface area (Å²) < 4.78 is 0. The maximum atomic E-state index is 13.1. The van der Waals surface area contributed by atoms with E-state index in [9.17, 15) is 14.4 Å². The zero-order valence-corrected chi connectivity index (χ0v) is 14.4. The summed E-state index contributed by atoms with van der Waals surface area (Å²) in [7, 11) is 0. The Morgan fingerprint density at radius 3 is 2.48 bits per heavy atom. The molecule has 1 atom stereocenters. The lowest BCUT2D eigenvalue weighted by molar-refractivity contribution is -0.152. The summed E-state index contributed by atoms with van der Waals surface area (Å²) in [6.07, 6.45) is 4.63. The average Bonchev–Trinajstić information content (AvgIpc) is 3.03. The van der Waals surface area contributed by atoms with Gasteiger partial charge in [0, 0.05) is 13.0 Å². The molecule has 6 nitrogen and oxygen atoms in total. The van der Waals surface area contributed by atoms with Gasteiger partial charge in [-0.3, -0.25) is 14.4 Å². The van der Waals surface area contributed by atoms with Gasteiger partial charge >= 0.3 is 0 Å². The van der Waals surface area contributed by atoms with Crippen LogP contribution in [-0.2, 0) is 20.9 Å². The fourth-order valence-electron chi connectivity index (χ4n) is 4.15. The van der Waals surface area contributed by atoms with Crippen molar-refractivity contribution in [2.45, 2.75) is 63.1 Å². The predicted octanol–water partition coefficient (Wildman–Crippen LogP) is 1.48. The second-order valence-electron chi connectivity index (χ2n) is 6.98. The Morgan fingerprint density at radius 2 is 1.84 bits per heavy atom. The van der Waals surface area contributed by atoms with Crippen LogP contribution in [0, 0.1) is 0 Å². The molecule has 3 amide bonds. The second kappa shape index (κ2) is 7.25. The van der Waals surface area contributed by atoms with Crippen LogP contribution in [0.2, 0.25) is 0 Å². The van der Waals surface area contributed by atoms with Gasteiger partial charge in [-0.15, -0.1) is 0 Å². The van der Waals surface area contributed by atoms with Crippen LogP contribution in [0.15, 0.2) is 30.3 Å². The van der Waals surface area contributed by atoms with E-state index in [0.717, 1.165) is 24.8 Å². The van der Waals surface area contributed by atoms with E-state index in [2.05, 4.69) is 5.32 Å². The number of nitrogens with two attached hydrogens (primary N) is 1. The molecule has 0 aromatic heterocycles. The molecule has 1 aliphatic heterocycles. The van der Waals surface area contributed by atoms with Crippen molar-refractivity contribution in [3.8, 4) is 0 Å². The molecule has 25 heavy (non-hydrogen) atoms. The van der Waals surface area contributed by atoms with Crippen LogP contribution >= 0.6 is 0 Å². The number of likely N-dealkylation sites (tertiary alicyclic amines) is 1. The van der Waals surface area contributed by atoms with Crippen molar-refractivity contribution in [1.82, 2.24) is 10.2 Å². The van der Waals surface area contributed by atoms with E-state index in [1.165, 1.54) is 4.90 Å². The molecule has 3 N–H and O–H groups in total. The summed E-state index contributed by atoms with van der Waals surface area (Å²) in [6, 6.07) is 8.99. The first-order valence-electron chi connectivity index (χ1n) is 8.98. The van der Waals surface area contributed by atoms with Crippen molar-refractivity contribution in [1.29, 1.82) is 0 Å². The fraction of sp³-hybridized carbons (Fsp3) is 0.526. The molecule has 0 unspecified atom stereocenters. The van der Waals surface area contributed by atoms with E-state index in [1.807, 2.05) is 30.3 Å². The average molecular weight is 343 g/mol. The summed E-state index contributed by atoms with van der Waals surface area (Å²) in [5, 5.41) is 2.98. The Labute approximate surface area is 147 Å². The third-order valence-corrected chi connectivity index (χ3v) is 5.40. The predicted molar refractivity (Wildman–Crippen MR) is 93.2 cm³/mol.